The molecular weight excluding hydrogens is 600 g/mol. The van der Waals surface area contributed by atoms with Crippen LogP contribution in [0.3, 0.4) is 0 Å². The van der Waals surface area contributed by atoms with Gasteiger partial charge in [-0.2, -0.15) is 0 Å². The highest BCUT2D eigenvalue weighted by Crippen LogP contribution is 2.61. The molecule has 2 bridgehead atoms. The minimum Gasteiger partial charge on any atom is -0.465 e. The van der Waals surface area contributed by atoms with E-state index >= 15 is 0 Å². The number of carbonyl (C=O) groups is 3. The van der Waals surface area contributed by atoms with E-state index in [1.807, 2.05) is 38.7 Å². The molecule has 7 atom stereocenters. The quantitative estimate of drug-likeness (QED) is 0.112. The number of alkyl halides is 1. The van der Waals surface area contributed by atoms with Crippen molar-refractivity contribution in [3.05, 3.63) is 25.3 Å². The summed E-state index contributed by atoms with van der Waals surface area (Å²) in [6, 6.07) is -1.57. The maximum Gasteiger partial charge on any atom is 0.312 e. The summed E-state index contributed by atoms with van der Waals surface area (Å²) in [7, 11) is 0. The number of carbonyl (C=O) groups excluding carboxylic acids is 3. The number of hydrogen-bond donors (Lipinski definition) is 1. The SMILES string of the molecule is C=CCCCCOC(=O)[C@H]1[C@H]2C(=O)N([C@@H](CO)CC(C)C)C(C(=O)N(CC=C)C(C)(C)CC(C)(C)C)C23CC(Br)[C@@H]1O3. The Balaban J connectivity index is 2.08. The third kappa shape index (κ3) is 6.83. The molecule has 1 spiro atoms. The fourth-order valence-corrected chi connectivity index (χ4v) is 8.74. The number of ether oxygens (including phenoxy) is 2. The fraction of sp³-hybridized carbons (Fsp3) is 0.788. The maximum absolute atomic E-state index is 14.9. The molecule has 3 rings (SSSR count). The number of halogens is 1. The summed E-state index contributed by atoms with van der Waals surface area (Å²) in [6.07, 6.45) is 7.00. The predicted molar refractivity (Wildman–Crippen MR) is 168 cm³/mol. The summed E-state index contributed by atoms with van der Waals surface area (Å²) in [6.45, 7) is 22.5. The van der Waals surface area contributed by atoms with Gasteiger partial charge in [-0.3, -0.25) is 14.4 Å². The first kappa shape index (κ1) is 34.8. The lowest BCUT2D eigenvalue weighted by molar-refractivity contribution is -0.158. The van der Waals surface area contributed by atoms with Crippen LogP contribution in [0.5, 0.6) is 0 Å². The molecule has 3 unspecified atom stereocenters. The van der Waals surface area contributed by atoms with Crippen LogP contribution in [-0.2, 0) is 23.9 Å². The molecule has 0 aromatic heterocycles. The number of esters is 1. The highest BCUT2D eigenvalue weighted by Gasteiger charge is 2.77. The third-order valence-corrected chi connectivity index (χ3v) is 9.74. The highest BCUT2D eigenvalue weighted by atomic mass is 79.9. The van der Waals surface area contributed by atoms with Crippen molar-refractivity contribution in [2.24, 2.45) is 23.2 Å². The van der Waals surface area contributed by atoms with Gasteiger partial charge in [-0.1, -0.05) is 62.7 Å². The zero-order chi connectivity index (χ0) is 31.6. The lowest BCUT2D eigenvalue weighted by atomic mass is 9.70. The van der Waals surface area contributed by atoms with Crippen molar-refractivity contribution in [1.29, 1.82) is 0 Å². The van der Waals surface area contributed by atoms with Gasteiger partial charge < -0.3 is 24.4 Å². The molecule has 0 saturated carbocycles. The van der Waals surface area contributed by atoms with Crippen LogP contribution in [0.2, 0.25) is 0 Å². The number of aliphatic hydroxyl groups is 1. The van der Waals surface area contributed by atoms with E-state index in [1.54, 1.807) is 11.0 Å². The van der Waals surface area contributed by atoms with Crippen LogP contribution in [0, 0.1) is 23.2 Å². The van der Waals surface area contributed by atoms with Crippen molar-refractivity contribution in [3.63, 3.8) is 0 Å². The van der Waals surface area contributed by atoms with Crippen molar-refractivity contribution in [1.82, 2.24) is 9.80 Å². The molecule has 3 aliphatic rings. The number of nitrogens with zero attached hydrogens (tertiary/aromatic N) is 2. The van der Waals surface area contributed by atoms with E-state index in [4.69, 9.17) is 9.47 Å². The smallest absolute Gasteiger partial charge is 0.312 e. The Morgan fingerprint density at radius 2 is 1.88 bits per heavy atom. The van der Waals surface area contributed by atoms with Crippen LogP contribution >= 0.6 is 15.9 Å². The van der Waals surface area contributed by atoms with E-state index < -0.39 is 47.1 Å². The normalized spacial score (nSPS) is 29.5. The summed E-state index contributed by atoms with van der Waals surface area (Å²) in [4.78, 5) is 46.1. The van der Waals surface area contributed by atoms with Gasteiger partial charge in [0.2, 0.25) is 11.8 Å². The van der Waals surface area contributed by atoms with Gasteiger partial charge >= 0.3 is 5.97 Å². The van der Waals surface area contributed by atoms with Gasteiger partial charge in [0, 0.05) is 16.9 Å². The second-order valence-corrected chi connectivity index (χ2v) is 15.8. The number of allylic oxidation sites excluding steroid dienone is 1. The number of likely N-dealkylation sites (tertiary alicyclic amines) is 1. The van der Waals surface area contributed by atoms with E-state index in [0.717, 1.165) is 19.3 Å². The van der Waals surface area contributed by atoms with Gasteiger partial charge in [0.15, 0.2) is 0 Å². The van der Waals surface area contributed by atoms with Crippen LogP contribution in [-0.4, -0.2) is 86.6 Å². The molecular formula is C33H53BrN2O6. The third-order valence-electron chi connectivity index (χ3n) is 8.90. The number of hydrogen-bond acceptors (Lipinski definition) is 6. The molecule has 3 saturated heterocycles. The second kappa shape index (κ2) is 13.5. The minimum absolute atomic E-state index is 0.0652. The lowest BCUT2D eigenvalue weighted by Gasteiger charge is -2.46. The van der Waals surface area contributed by atoms with Gasteiger partial charge in [0.05, 0.1) is 37.2 Å². The van der Waals surface area contributed by atoms with E-state index in [-0.39, 0.29) is 41.2 Å². The average Bonchev–Trinajstić information content (AvgIpc) is 3.47. The first-order chi connectivity index (χ1) is 19.6. The number of amides is 2. The lowest BCUT2D eigenvalue weighted by Crippen LogP contribution is -2.62. The summed E-state index contributed by atoms with van der Waals surface area (Å²) in [5, 5.41) is 10.6. The topological polar surface area (TPSA) is 96.4 Å². The minimum atomic E-state index is -1.21. The highest BCUT2D eigenvalue weighted by molar-refractivity contribution is 9.09. The summed E-state index contributed by atoms with van der Waals surface area (Å²) >= 11 is 3.73. The van der Waals surface area contributed by atoms with Crippen molar-refractivity contribution in [2.75, 3.05) is 19.8 Å². The first-order valence-electron chi connectivity index (χ1n) is 15.5. The molecule has 42 heavy (non-hydrogen) atoms. The van der Waals surface area contributed by atoms with Gasteiger partial charge in [-0.25, -0.2) is 0 Å². The molecule has 3 fully saturated rings. The van der Waals surface area contributed by atoms with Crippen LogP contribution in [0.1, 0.15) is 87.0 Å². The molecule has 3 aliphatic heterocycles. The standard InChI is InChI=1S/C33H53BrN2O6/c1-10-12-13-14-16-41-30(40)24-25-28(38)36(22(19-37)17-21(3)4)27(33(25)18-23(34)26(24)42-33)29(39)35(15-11-2)32(8,9)20-31(5,6)7/h10-11,21-27,37H,1-2,12-20H2,3-9H3/t22-,23?,24+,25+,26+,27?,33?/m1/s1. The zero-order valence-corrected chi connectivity index (χ0v) is 28.3. The van der Waals surface area contributed by atoms with Crippen molar-refractivity contribution < 1.29 is 29.0 Å². The predicted octanol–water partition coefficient (Wildman–Crippen LogP) is 5.27. The van der Waals surface area contributed by atoms with Crippen LogP contribution in [0.15, 0.2) is 25.3 Å². The Morgan fingerprint density at radius 3 is 2.43 bits per heavy atom. The molecule has 0 aliphatic carbocycles. The monoisotopic (exact) mass is 652 g/mol. The largest absolute Gasteiger partial charge is 0.465 e. The maximum atomic E-state index is 14.9. The van der Waals surface area contributed by atoms with Gasteiger partial charge in [-0.05, 0) is 63.7 Å². The Bertz CT molecular complexity index is 1020. The van der Waals surface area contributed by atoms with Gasteiger partial charge in [-0.15, -0.1) is 13.2 Å². The Morgan fingerprint density at radius 1 is 1.21 bits per heavy atom. The van der Waals surface area contributed by atoms with Crippen LogP contribution < -0.4 is 0 Å². The Hall–Kier alpha value is -1.71. The molecule has 0 radical (unpaired) electrons. The Labute approximate surface area is 261 Å². The molecule has 3 heterocycles. The molecule has 9 heteroatoms. The van der Waals surface area contributed by atoms with Crippen molar-refractivity contribution in [2.45, 2.75) is 121 Å². The zero-order valence-electron chi connectivity index (χ0n) is 26.7. The first-order valence-corrected chi connectivity index (χ1v) is 16.4. The second-order valence-electron chi connectivity index (χ2n) is 14.6. The van der Waals surface area contributed by atoms with E-state index in [1.165, 1.54) is 0 Å². The van der Waals surface area contributed by atoms with Crippen molar-refractivity contribution >= 4 is 33.7 Å². The van der Waals surface area contributed by atoms with Gasteiger partial charge in [0.1, 0.15) is 11.6 Å². The molecule has 0 aromatic rings. The van der Waals surface area contributed by atoms with Crippen LogP contribution in [0.25, 0.3) is 0 Å². The van der Waals surface area contributed by atoms with Crippen molar-refractivity contribution in [3.8, 4) is 0 Å². The van der Waals surface area contributed by atoms with E-state index in [0.29, 0.717) is 25.8 Å². The van der Waals surface area contributed by atoms with Crippen LogP contribution in [0.4, 0.5) is 0 Å². The number of unbranched alkanes of at least 4 members (excludes halogenated alkanes) is 2. The van der Waals surface area contributed by atoms with Gasteiger partial charge in [0.25, 0.3) is 0 Å². The molecule has 8 nitrogen and oxygen atoms in total. The van der Waals surface area contributed by atoms with E-state index in [2.05, 4.69) is 49.9 Å². The summed E-state index contributed by atoms with van der Waals surface area (Å²) in [5.41, 5.74) is -1.83. The fourth-order valence-electron chi connectivity index (χ4n) is 7.79. The molecule has 1 N–H and O–H groups in total. The summed E-state index contributed by atoms with van der Waals surface area (Å²) in [5.74, 6) is -2.52. The number of fused-ring (bicyclic) bond motifs is 1. The molecule has 2 amide bonds. The average molecular weight is 654 g/mol. The van der Waals surface area contributed by atoms with E-state index in [9.17, 15) is 19.5 Å². The molecule has 0 aromatic carbocycles. The summed E-state index contributed by atoms with van der Waals surface area (Å²) < 4.78 is 12.4. The number of aliphatic hydroxyl groups excluding tert-OH is 1. The Kier molecular flexibility index (Phi) is 11.2. The molecule has 238 valence electrons. The number of rotatable bonds is 15.